The van der Waals surface area contributed by atoms with Gasteiger partial charge in [0.05, 0.1) is 0 Å². The molecule has 0 saturated heterocycles. The molecule has 0 spiro atoms. The van der Waals surface area contributed by atoms with Crippen LogP contribution in [0.1, 0.15) is 33.3 Å². The number of nitrogens with one attached hydrogen (secondary N) is 1. The van der Waals surface area contributed by atoms with Crippen LogP contribution in [0.2, 0.25) is 0 Å². The molecule has 0 saturated carbocycles. The lowest BCUT2D eigenvalue weighted by Crippen LogP contribution is -2.41. The first-order valence-electron chi connectivity index (χ1n) is 5.91. The zero-order valence-corrected chi connectivity index (χ0v) is 12.3. The summed E-state index contributed by atoms with van der Waals surface area (Å²) in [6.45, 7) is 10.1. The van der Waals surface area contributed by atoms with Crippen molar-refractivity contribution >= 4 is 15.9 Å². The van der Waals surface area contributed by atoms with Gasteiger partial charge in [0.2, 0.25) is 0 Å². The standard InChI is InChI=1S/C14H22BrN/c1-5-16-13(14(2,3)4)10-11-6-8-12(15)9-7-11/h6-9,13,16H,5,10H2,1-4H3. The van der Waals surface area contributed by atoms with Crippen LogP contribution in [0.25, 0.3) is 0 Å². The van der Waals surface area contributed by atoms with E-state index in [0.717, 1.165) is 17.4 Å². The zero-order valence-electron chi connectivity index (χ0n) is 10.7. The summed E-state index contributed by atoms with van der Waals surface area (Å²) in [6, 6.07) is 9.14. The molecule has 1 nitrogen and oxygen atoms in total. The third kappa shape index (κ3) is 4.26. The molecule has 1 N–H and O–H groups in total. The van der Waals surface area contributed by atoms with E-state index in [1.54, 1.807) is 0 Å². The van der Waals surface area contributed by atoms with Crippen LogP contribution < -0.4 is 5.32 Å². The number of rotatable bonds is 4. The van der Waals surface area contributed by atoms with Crippen molar-refractivity contribution in [3.8, 4) is 0 Å². The second-order valence-corrected chi connectivity index (χ2v) is 6.22. The lowest BCUT2D eigenvalue weighted by molar-refractivity contribution is 0.270. The third-order valence-corrected chi connectivity index (χ3v) is 3.38. The van der Waals surface area contributed by atoms with Gasteiger partial charge in [-0.1, -0.05) is 55.8 Å². The molecule has 0 amide bonds. The Hall–Kier alpha value is -0.340. The molecule has 0 fully saturated rings. The number of hydrogen-bond donors (Lipinski definition) is 1. The molecule has 1 atom stereocenters. The molecule has 16 heavy (non-hydrogen) atoms. The van der Waals surface area contributed by atoms with Gasteiger partial charge in [-0.05, 0) is 36.1 Å². The van der Waals surface area contributed by atoms with Gasteiger partial charge in [-0.3, -0.25) is 0 Å². The van der Waals surface area contributed by atoms with Crippen molar-refractivity contribution < 1.29 is 0 Å². The maximum Gasteiger partial charge on any atom is 0.0175 e. The molecule has 1 aromatic rings. The highest BCUT2D eigenvalue weighted by Gasteiger charge is 2.23. The Kier molecular flexibility index (Phi) is 5.00. The van der Waals surface area contributed by atoms with Gasteiger partial charge in [-0.25, -0.2) is 0 Å². The Morgan fingerprint density at radius 1 is 1.19 bits per heavy atom. The van der Waals surface area contributed by atoms with E-state index < -0.39 is 0 Å². The van der Waals surface area contributed by atoms with Crippen molar-refractivity contribution in [2.24, 2.45) is 5.41 Å². The Morgan fingerprint density at radius 2 is 1.75 bits per heavy atom. The zero-order chi connectivity index (χ0) is 12.2. The van der Waals surface area contributed by atoms with E-state index in [1.807, 2.05) is 0 Å². The van der Waals surface area contributed by atoms with Gasteiger partial charge < -0.3 is 5.32 Å². The molecular formula is C14H22BrN. The number of hydrogen-bond acceptors (Lipinski definition) is 1. The molecule has 0 radical (unpaired) electrons. The fraction of sp³-hybridized carbons (Fsp3) is 0.571. The monoisotopic (exact) mass is 283 g/mol. The molecule has 2 heteroatoms. The van der Waals surface area contributed by atoms with Crippen LogP contribution in [0.15, 0.2) is 28.7 Å². The highest BCUT2D eigenvalue weighted by atomic mass is 79.9. The molecule has 0 aromatic heterocycles. The largest absolute Gasteiger partial charge is 0.313 e. The average Bonchev–Trinajstić information content (AvgIpc) is 2.19. The summed E-state index contributed by atoms with van der Waals surface area (Å²) >= 11 is 3.47. The van der Waals surface area contributed by atoms with E-state index in [2.05, 4.69) is 73.2 Å². The maximum atomic E-state index is 3.57. The van der Waals surface area contributed by atoms with Gasteiger partial charge in [-0.2, -0.15) is 0 Å². The molecule has 0 aliphatic heterocycles. The predicted molar refractivity (Wildman–Crippen MR) is 74.8 cm³/mol. The molecule has 0 heterocycles. The summed E-state index contributed by atoms with van der Waals surface area (Å²) < 4.78 is 1.15. The van der Waals surface area contributed by atoms with Crippen LogP contribution in [0, 0.1) is 5.41 Å². The minimum absolute atomic E-state index is 0.295. The second-order valence-electron chi connectivity index (χ2n) is 5.31. The molecule has 1 rings (SSSR count). The first kappa shape index (κ1) is 13.7. The van der Waals surface area contributed by atoms with E-state index in [9.17, 15) is 0 Å². The molecule has 0 aliphatic carbocycles. The Labute approximate surface area is 108 Å². The second kappa shape index (κ2) is 5.83. The van der Waals surface area contributed by atoms with Gasteiger partial charge in [0.1, 0.15) is 0 Å². The summed E-state index contributed by atoms with van der Waals surface area (Å²) in [4.78, 5) is 0. The van der Waals surface area contributed by atoms with E-state index in [4.69, 9.17) is 0 Å². The van der Waals surface area contributed by atoms with Gasteiger partial charge in [0.15, 0.2) is 0 Å². The first-order valence-corrected chi connectivity index (χ1v) is 6.70. The predicted octanol–water partition coefficient (Wildman–Crippen LogP) is 4.02. The lowest BCUT2D eigenvalue weighted by atomic mass is 9.83. The van der Waals surface area contributed by atoms with Crippen LogP contribution >= 0.6 is 15.9 Å². The first-order chi connectivity index (χ1) is 7.43. The summed E-state index contributed by atoms with van der Waals surface area (Å²) in [5.41, 5.74) is 1.69. The van der Waals surface area contributed by atoms with Crippen molar-refractivity contribution in [3.05, 3.63) is 34.3 Å². The molecule has 90 valence electrons. The summed E-state index contributed by atoms with van der Waals surface area (Å²) in [7, 11) is 0. The molecule has 1 aromatic carbocycles. The average molecular weight is 284 g/mol. The van der Waals surface area contributed by atoms with Gasteiger partial charge >= 0.3 is 0 Å². The van der Waals surface area contributed by atoms with Crippen LogP contribution in [-0.2, 0) is 6.42 Å². The quantitative estimate of drug-likeness (QED) is 0.880. The maximum absolute atomic E-state index is 3.57. The molecule has 0 aliphatic rings. The summed E-state index contributed by atoms with van der Waals surface area (Å²) in [5, 5.41) is 3.57. The Morgan fingerprint density at radius 3 is 2.19 bits per heavy atom. The highest BCUT2D eigenvalue weighted by Crippen LogP contribution is 2.23. The van der Waals surface area contributed by atoms with E-state index in [1.165, 1.54) is 5.56 Å². The van der Waals surface area contributed by atoms with Crippen molar-refractivity contribution in [1.82, 2.24) is 5.32 Å². The fourth-order valence-corrected chi connectivity index (χ4v) is 2.05. The summed E-state index contributed by atoms with van der Waals surface area (Å²) in [6.07, 6.45) is 1.09. The van der Waals surface area contributed by atoms with Gasteiger partial charge in [0, 0.05) is 10.5 Å². The highest BCUT2D eigenvalue weighted by molar-refractivity contribution is 9.10. The van der Waals surface area contributed by atoms with E-state index in [-0.39, 0.29) is 0 Å². The van der Waals surface area contributed by atoms with Crippen molar-refractivity contribution in [3.63, 3.8) is 0 Å². The third-order valence-electron chi connectivity index (χ3n) is 2.85. The van der Waals surface area contributed by atoms with Crippen LogP contribution in [0.3, 0.4) is 0 Å². The normalized spacial score (nSPS) is 13.8. The Balaban J connectivity index is 2.72. The van der Waals surface area contributed by atoms with Crippen LogP contribution in [0.5, 0.6) is 0 Å². The smallest absolute Gasteiger partial charge is 0.0175 e. The van der Waals surface area contributed by atoms with E-state index >= 15 is 0 Å². The molecule has 0 bridgehead atoms. The lowest BCUT2D eigenvalue weighted by Gasteiger charge is -2.31. The number of benzene rings is 1. The minimum atomic E-state index is 0.295. The summed E-state index contributed by atoms with van der Waals surface area (Å²) in [5.74, 6) is 0. The number of halogens is 1. The van der Waals surface area contributed by atoms with Gasteiger partial charge in [0.25, 0.3) is 0 Å². The van der Waals surface area contributed by atoms with Crippen molar-refractivity contribution in [2.45, 2.75) is 40.2 Å². The molecular weight excluding hydrogens is 262 g/mol. The van der Waals surface area contributed by atoms with Crippen molar-refractivity contribution in [2.75, 3.05) is 6.54 Å². The molecule has 1 unspecified atom stereocenters. The fourth-order valence-electron chi connectivity index (χ4n) is 1.79. The SMILES string of the molecule is CCNC(Cc1ccc(Br)cc1)C(C)(C)C. The van der Waals surface area contributed by atoms with Crippen molar-refractivity contribution in [1.29, 1.82) is 0 Å². The minimum Gasteiger partial charge on any atom is -0.313 e. The van der Waals surface area contributed by atoms with Crippen LogP contribution in [-0.4, -0.2) is 12.6 Å². The van der Waals surface area contributed by atoms with Crippen LogP contribution in [0.4, 0.5) is 0 Å². The van der Waals surface area contributed by atoms with Gasteiger partial charge in [-0.15, -0.1) is 0 Å². The Bertz CT molecular complexity index is 311. The topological polar surface area (TPSA) is 12.0 Å². The van der Waals surface area contributed by atoms with E-state index in [0.29, 0.717) is 11.5 Å². The number of likely N-dealkylation sites (N-methyl/N-ethyl adjacent to an activating group) is 1.